The predicted octanol–water partition coefficient (Wildman–Crippen LogP) is 3.17. The van der Waals surface area contributed by atoms with Gasteiger partial charge in [-0.05, 0) is 56.5 Å². The Labute approximate surface area is 170 Å². The van der Waals surface area contributed by atoms with E-state index in [4.69, 9.17) is 0 Å². The van der Waals surface area contributed by atoms with Gasteiger partial charge < -0.3 is 20.0 Å². The third kappa shape index (κ3) is 5.45. The van der Waals surface area contributed by atoms with Crippen LogP contribution in [0.25, 0.3) is 0 Å². The number of urea groups is 1. The quantitative estimate of drug-likeness (QED) is 0.791. The van der Waals surface area contributed by atoms with Crippen molar-refractivity contribution in [1.29, 1.82) is 0 Å². The summed E-state index contributed by atoms with van der Waals surface area (Å²) in [7, 11) is 2.10. The van der Waals surface area contributed by atoms with Crippen molar-refractivity contribution in [3.8, 4) is 0 Å². The zero-order chi connectivity index (χ0) is 19.4. The topological polar surface area (TPSA) is 55.9 Å². The van der Waals surface area contributed by atoms with Crippen LogP contribution in [0, 0.1) is 12.8 Å². The average Bonchev–Trinajstić information content (AvgIpc) is 2.66. The highest BCUT2D eigenvalue weighted by atomic mass is 79.9. The van der Waals surface area contributed by atoms with Gasteiger partial charge in [-0.25, -0.2) is 4.79 Å². The summed E-state index contributed by atoms with van der Waals surface area (Å²) in [6, 6.07) is 5.75. The number of likely N-dealkylation sites (N-methyl/N-ethyl adjacent to an activating group) is 1. The highest BCUT2D eigenvalue weighted by Crippen LogP contribution is 2.24. The number of piperazine rings is 1. The lowest BCUT2D eigenvalue weighted by Crippen LogP contribution is -2.48. The van der Waals surface area contributed by atoms with Crippen LogP contribution < -0.4 is 5.32 Å². The molecule has 7 heteroatoms. The molecule has 2 heterocycles. The minimum absolute atomic E-state index is 0.0550. The van der Waals surface area contributed by atoms with Crippen LogP contribution in [0.5, 0.6) is 0 Å². The van der Waals surface area contributed by atoms with E-state index in [0.29, 0.717) is 25.4 Å². The fourth-order valence-electron chi connectivity index (χ4n) is 3.70. The highest BCUT2D eigenvalue weighted by Gasteiger charge is 2.27. The maximum Gasteiger partial charge on any atom is 0.321 e. The van der Waals surface area contributed by atoms with Crippen LogP contribution >= 0.6 is 15.9 Å². The van der Waals surface area contributed by atoms with Crippen LogP contribution in [0.3, 0.4) is 0 Å². The predicted molar refractivity (Wildman–Crippen MR) is 111 cm³/mol. The van der Waals surface area contributed by atoms with Crippen molar-refractivity contribution < 1.29 is 9.59 Å². The van der Waals surface area contributed by atoms with Gasteiger partial charge in [0.25, 0.3) is 0 Å². The summed E-state index contributed by atoms with van der Waals surface area (Å²) < 4.78 is 1.03. The highest BCUT2D eigenvalue weighted by molar-refractivity contribution is 9.10. The number of benzene rings is 1. The second kappa shape index (κ2) is 9.06. The molecule has 0 bridgehead atoms. The molecule has 3 rings (SSSR count). The fraction of sp³-hybridized carbons (Fsp3) is 0.600. The Morgan fingerprint density at radius 1 is 1.07 bits per heavy atom. The molecule has 0 spiro atoms. The number of carbonyl (C=O) groups excluding carboxylic acids is 2. The Bertz CT molecular complexity index is 681. The van der Waals surface area contributed by atoms with Gasteiger partial charge in [0, 0.05) is 55.8 Å². The number of hydrogen-bond donors (Lipinski definition) is 1. The number of likely N-dealkylation sites (tertiary alicyclic amines) is 1. The Kier molecular flexibility index (Phi) is 6.76. The molecule has 2 fully saturated rings. The van der Waals surface area contributed by atoms with Gasteiger partial charge in [0.1, 0.15) is 0 Å². The van der Waals surface area contributed by atoms with Crippen molar-refractivity contribution in [2.75, 3.05) is 51.6 Å². The zero-order valence-electron chi connectivity index (χ0n) is 16.2. The third-order valence-corrected chi connectivity index (χ3v) is 6.52. The standard InChI is InChI=1S/C20H29BrN4O2/c1-15-13-17(3-4-18(15)21)22-20(27)25-7-5-16(6-8-25)14-19(26)24-11-9-23(2)10-12-24/h3-4,13,16H,5-12,14H2,1-2H3,(H,22,27). The lowest BCUT2D eigenvalue weighted by Gasteiger charge is -2.35. The van der Waals surface area contributed by atoms with Crippen LogP contribution in [-0.2, 0) is 4.79 Å². The number of nitrogens with one attached hydrogen (secondary N) is 1. The van der Waals surface area contributed by atoms with E-state index < -0.39 is 0 Å². The second-order valence-electron chi connectivity index (χ2n) is 7.71. The van der Waals surface area contributed by atoms with Crippen LogP contribution in [0.2, 0.25) is 0 Å². The van der Waals surface area contributed by atoms with Gasteiger partial charge in [-0.3, -0.25) is 4.79 Å². The molecule has 0 aromatic heterocycles. The average molecular weight is 437 g/mol. The normalized spacial score (nSPS) is 19.2. The zero-order valence-corrected chi connectivity index (χ0v) is 17.8. The van der Waals surface area contributed by atoms with Gasteiger partial charge >= 0.3 is 6.03 Å². The fourth-order valence-corrected chi connectivity index (χ4v) is 3.94. The molecule has 0 unspecified atom stereocenters. The van der Waals surface area contributed by atoms with Gasteiger partial charge in [-0.15, -0.1) is 0 Å². The molecule has 1 aromatic carbocycles. The smallest absolute Gasteiger partial charge is 0.321 e. The van der Waals surface area contributed by atoms with Crippen molar-refractivity contribution in [3.63, 3.8) is 0 Å². The number of amides is 3. The molecule has 0 atom stereocenters. The summed E-state index contributed by atoms with van der Waals surface area (Å²) in [6.07, 6.45) is 2.41. The van der Waals surface area contributed by atoms with Crippen molar-refractivity contribution >= 4 is 33.6 Å². The van der Waals surface area contributed by atoms with Gasteiger partial charge in [-0.1, -0.05) is 15.9 Å². The molecule has 1 aromatic rings. The molecule has 1 N–H and O–H groups in total. The van der Waals surface area contributed by atoms with Crippen LogP contribution in [0.1, 0.15) is 24.8 Å². The first-order chi connectivity index (χ1) is 12.9. The first-order valence-electron chi connectivity index (χ1n) is 9.71. The molecule has 3 amide bonds. The summed E-state index contributed by atoms with van der Waals surface area (Å²) in [5.41, 5.74) is 1.90. The van der Waals surface area contributed by atoms with E-state index in [0.717, 1.165) is 54.7 Å². The first kappa shape index (κ1) is 20.1. The number of carbonyl (C=O) groups is 2. The van der Waals surface area contributed by atoms with E-state index in [9.17, 15) is 9.59 Å². The summed E-state index contributed by atoms with van der Waals surface area (Å²) >= 11 is 3.47. The molecular formula is C20H29BrN4O2. The van der Waals surface area contributed by atoms with Crippen LogP contribution in [0.4, 0.5) is 10.5 Å². The van der Waals surface area contributed by atoms with Gasteiger partial charge in [0.2, 0.25) is 5.91 Å². The summed E-state index contributed by atoms with van der Waals surface area (Å²) in [5.74, 6) is 0.660. The molecule has 2 aliphatic rings. The number of hydrogen-bond acceptors (Lipinski definition) is 3. The van der Waals surface area contributed by atoms with Gasteiger partial charge in [0.05, 0.1) is 0 Å². The first-order valence-corrected chi connectivity index (χ1v) is 10.5. The second-order valence-corrected chi connectivity index (χ2v) is 8.57. The van der Waals surface area contributed by atoms with Crippen molar-refractivity contribution in [2.24, 2.45) is 5.92 Å². The lowest BCUT2D eigenvalue weighted by molar-refractivity contribution is -0.134. The lowest BCUT2D eigenvalue weighted by atomic mass is 9.93. The number of nitrogens with zero attached hydrogens (tertiary/aromatic N) is 3. The Hall–Kier alpha value is -1.60. The number of rotatable bonds is 3. The van der Waals surface area contributed by atoms with Crippen molar-refractivity contribution in [2.45, 2.75) is 26.2 Å². The number of aryl methyl sites for hydroxylation is 1. The van der Waals surface area contributed by atoms with Gasteiger partial charge in [-0.2, -0.15) is 0 Å². The van der Waals surface area contributed by atoms with Crippen molar-refractivity contribution in [1.82, 2.24) is 14.7 Å². The van der Waals surface area contributed by atoms with E-state index in [1.807, 2.05) is 34.9 Å². The maximum absolute atomic E-state index is 12.5. The van der Waals surface area contributed by atoms with E-state index in [1.165, 1.54) is 0 Å². The van der Waals surface area contributed by atoms with E-state index in [2.05, 4.69) is 33.2 Å². The minimum atomic E-state index is -0.0550. The molecule has 2 saturated heterocycles. The molecule has 0 radical (unpaired) electrons. The molecule has 148 valence electrons. The molecular weight excluding hydrogens is 408 g/mol. The number of anilines is 1. The van der Waals surface area contributed by atoms with E-state index in [-0.39, 0.29) is 11.9 Å². The monoisotopic (exact) mass is 436 g/mol. The molecule has 27 heavy (non-hydrogen) atoms. The summed E-state index contributed by atoms with van der Waals surface area (Å²) in [5, 5.41) is 2.98. The molecule has 0 aliphatic carbocycles. The third-order valence-electron chi connectivity index (χ3n) is 5.63. The number of piperidine rings is 1. The molecule has 0 saturated carbocycles. The Morgan fingerprint density at radius 3 is 2.37 bits per heavy atom. The van der Waals surface area contributed by atoms with Gasteiger partial charge in [0.15, 0.2) is 0 Å². The van der Waals surface area contributed by atoms with Crippen molar-refractivity contribution in [3.05, 3.63) is 28.2 Å². The molecule has 2 aliphatic heterocycles. The van der Waals surface area contributed by atoms with Crippen LogP contribution in [-0.4, -0.2) is 73.0 Å². The Morgan fingerprint density at radius 2 is 1.74 bits per heavy atom. The largest absolute Gasteiger partial charge is 0.340 e. The Balaban J connectivity index is 1.43. The number of halogens is 1. The minimum Gasteiger partial charge on any atom is -0.340 e. The van der Waals surface area contributed by atoms with E-state index >= 15 is 0 Å². The summed E-state index contributed by atoms with van der Waals surface area (Å²) in [4.78, 5) is 31.1. The maximum atomic E-state index is 12.5. The molecule has 6 nitrogen and oxygen atoms in total. The summed E-state index contributed by atoms with van der Waals surface area (Å²) in [6.45, 7) is 7.01. The van der Waals surface area contributed by atoms with E-state index in [1.54, 1.807) is 0 Å². The SMILES string of the molecule is Cc1cc(NC(=O)N2CCC(CC(=O)N3CCN(C)CC3)CC2)ccc1Br. The van der Waals surface area contributed by atoms with Crippen LogP contribution in [0.15, 0.2) is 22.7 Å².